The third kappa shape index (κ3) is 7.33. The summed E-state index contributed by atoms with van der Waals surface area (Å²) >= 11 is 0. The highest BCUT2D eigenvalue weighted by Gasteiger charge is 2.14. The van der Waals surface area contributed by atoms with Crippen LogP contribution in [0.25, 0.3) is 0 Å². The summed E-state index contributed by atoms with van der Waals surface area (Å²) in [5, 5.41) is 0. The maximum Gasteiger partial charge on any atom is 0.307 e. The molecule has 1 aromatic rings. The molecule has 6 nitrogen and oxygen atoms in total. The fourth-order valence-corrected chi connectivity index (χ4v) is 2.56. The molecule has 1 amide bonds. The molecule has 0 atom stereocenters. The molecule has 0 aromatic heterocycles. The van der Waals surface area contributed by atoms with Crippen molar-refractivity contribution in [3.63, 3.8) is 0 Å². The highest BCUT2D eigenvalue weighted by atomic mass is 16.5. The van der Waals surface area contributed by atoms with Gasteiger partial charge in [-0.1, -0.05) is 13.0 Å². The van der Waals surface area contributed by atoms with E-state index < -0.39 is 0 Å². The number of rotatable bonds is 12. The van der Waals surface area contributed by atoms with Crippen LogP contribution in [0.2, 0.25) is 0 Å². The first-order chi connectivity index (χ1) is 12.5. The second-order valence-corrected chi connectivity index (χ2v) is 5.69. The average molecular weight is 365 g/mol. The van der Waals surface area contributed by atoms with Crippen molar-refractivity contribution in [3.8, 4) is 11.5 Å². The molecule has 0 spiro atoms. The Morgan fingerprint density at radius 2 is 1.62 bits per heavy atom. The molecule has 6 heteroatoms. The summed E-state index contributed by atoms with van der Waals surface area (Å²) in [7, 11) is 0. The van der Waals surface area contributed by atoms with Crippen molar-refractivity contribution in [1.82, 2.24) is 4.90 Å². The Bertz CT molecular complexity index is 573. The van der Waals surface area contributed by atoms with Gasteiger partial charge in [0.25, 0.3) is 0 Å². The van der Waals surface area contributed by atoms with Crippen LogP contribution in [0.15, 0.2) is 18.2 Å². The highest BCUT2D eigenvalue weighted by Crippen LogP contribution is 2.28. The van der Waals surface area contributed by atoms with Gasteiger partial charge in [-0.05, 0) is 44.9 Å². The maximum absolute atomic E-state index is 12.1. The number of carbonyl (C=O) groups excluding carboxylic acids is 2. The lowest BCUT2D eigenvalue weighted by Crippen LogP contribution is -2.34. The van der Waals surface area contributed by atoms with E-state index in [1.165, 1.54) is 0 Å². The van der Waals surface area contributed by atoms with Gasteiger partial charge in [0.15, 0.2) is 11.5 Å². The van der Waals surface area contributed by atoms with E-state index in [1.807, 2.05) is 39.0 Å². The van der Waals surface area contributed by atoms with E-state index in [2.05, 4.69) is 0 Å². The minimum atomic E-state index is -0.277. The lowest BCUT2D eigenvalue weighted by molar-refractivity contribution is -0.144. The lowest BCUT2D eigenvalue weighted by Gasteiger charge is -2.22. The number of carbonyl (C=O) groups is 2. The minimum Gasteiger partial charge on any atom is -0.490 e. The third-order valence-electron chi connectivity index (χ3n) is 3.82. The summed E-state index contributed by atoms with van der Waals surface area (Å²) in [6, 6.07) is 5.83. The van der Waals surface area contributed by atoms with Gasteiger partial charge in [0.1, 0.15) is 0 Å². The smallest absolute Gasteiger partial charge is 0.307 e. The molecule has 146 valence electrons. The van der Waals surface area contributed by atoms with Crippen LogP contribution < -0.4 is 9.47 Å². The number of hydrogen-bond donors (Lipinski definition) is 0. The zero-order chi connectivity index (χ0) is 19.4. The Hall–Kier alpha value is -2.24. The van der Waals surface area contributed by atoms with Gasteiger partial charge >= 0.3 is 5.97 Å². The molecule has 0 aliphatic heterocycles. The fraction of sp³-hybridized carbons (Fsp3) is 0.600. The van der Waals surface area contributed by atoms with Crippen LogP contribution in [0.1, 0.15) is 46.1 Å². The first-order valence-corrected chi connectivity index (χ1v) is 9.37. The zero-order valence-electron chi connectivity index (χ0n) is 16.4. The van der Waals surface area contributed by atoms with E-state index in [0.717, 1.165) is 11.3 Å². The Morgan fingerprint density at radius 1 is 0.923 bits per heavy atom. The molecule has 1 rings (SSSR count). The van der Waals surface area contributed by atoms with Gasteiger partial charge < -0.3 is 19.1 Å². The number of amides is 1. The molecule has 0 saturated carbocycles. The summed E-state index contributed by atoms with van der Waals surface area (Å²) in [5.41, 5.74) is 1.06. The van der Waals surface area contributed by atoms with Gasteiger partial charge in [-0.3, -0.25) is 9.59 Å². The molecule has 0 heterocycles. The predicted molar refractivity (Wildman–Crippen MR) is 101 cm³/mol. The van der Waals surface area contributed by atoms with Crippen LogP contribution in [-0.4, -0.2) is 49.7 Å². The molecule has 0 fully saturated rings. The number of ether oxygens (including phenoxy) is 3. The third-order valence-corrected chi connectivity index (χ3v) is 3.82. The molecule has 0 saturated heterocycles. The molecule has 0 aliphatic rings. The minimum absolute atomic E-state index is 0.0327. The number of nitrogens with zero attached hydrogens (tertiary/aromatic N) is 1. The van der Waals surface area contributed by atoms with E-state index in [9.17, 15) is 9.59 Å². The van der Waals surface area contributed by atoms with Gasteiger partial charge in [-0.2, -0.15) is 0 Å². The number of esters is 1. The van der Waals surface area contributed by atoms with Crippen molar-refractivity contribution in [2.45, 2.75) is 47.0 Å². The zero-order valence-corrected chi connectivity index (χ0v) is 16.4. The van der Waals surface area contributed by atoms with E-state index >= 15 is 0 Å². The van der Waals surface area contributed by atoms with Gasteiger partial charge in [0, 0.05) is 19.5 Å². The lowest BCUT2D eigenvalue weighted by atomic mass is 10.1. The van der Waals surface area contributed by atoms with E-state index in [0.29, 0.717) is 51.5 Å². The molecule has 0 N–H and O–H groups in total. The Labute approximate surface area is 156 Å². The van der Waals surface area contributed by atoms with Crippen molar-refractivity contribution < 1.29 is 23.8 Å². The van der Waals surface area contributed by atoms with E-state index in [-0.39, 0.29) is 18.3 Å². The van der Waals surface area contributed by atoms with Crippen LogP contribution >= 0.6 is 0 Å². The maximum atomic E-state index is 12.1. The van der Waals surface area contributed by atoms with Crippen molar-refractivity contribution in [1.29, 1.82) is 0 Å². The van der Waals surface area contributed by atoms with Crippen molar-refractivity contribution >= 4 is 11.9 Å². The van der Waals surface area contributed by atoms with Crippen LogP contribution in [0.5, 0.6) is 11.5 Å². The topological polar surface area (TPSA) is 65.1 Å². The molecule has 0 aliphatic carbocycles. The van der Waals surface area contributed by atoms with Crippen molar-refractivity contribution in [3.05, 3.63) is 23.8 Å². The quantitative estimate of drug-likeness (QED) is 0.532. The average Bonchev–Trinajstić information content (AvgIpc) is 2.63. The second-order valence-electron chi connectivity index (χ2n) is 5.69. The Kier molecular flexibility index (Phi) is 10.2. The molecular formula is C20H31NO5. The molecule has 26 heavy (non-hydrogen) atoms. The molecule has 0 bridgehead atoms. The molecular weight excluding hydrogens is 334 g/mol. The van der Waals surface area contributed by atoms with Gasteiger partial charge in [-0.25, -0.2) is 0 Å². The second kappa shape index (κ2) is 12.2. The summed E-state index contributed by atoms with van der Waals surface area (Å²) in [4.78, 5) is 25.4. The van der Waals surface area contributed by atoms with Crippen LogP contribution in [0.4, 0.5) is 0 Å². The SMILES string of the molecule is CCOC(=O)CCN(CCc1ccc(OCC)c(OCC)c1)C(=O)CC. The van der Waals surface area contributed by atoms with Crippen LogP contribution in [0, 0.1) is 0 Å². The van der Waals surface area contributed by atoms with Gasteiger partial charge in [-0.15, -0.1) is 0 Å². The molecule has 1 aromatic carbocycles. The van der Waals surface area contributed by atoms with Crippen LogP contribution in [-0.2, 0) is 20.7 Å². The molecule has 0 radical (unpaired) electrons. The number of benzene rings is 1. The first-order valence-electron chi connectivity index (χ1n) is 9.37. The highest BCUT2D eigenvalue weighted by molar-refractivity contribution is 5.77. The number of hydrogen-bond acceptors (Lipinski definition) is 5. The molecule has 0 unspecified atom stereocenters. The largest absolute Gasteiger partial charge is 0.490 e. The summed E-state index contributed by atoms with van der Waals surface area (Å²) in [5.74, 6) is 1.19. The Morgan fingerprint density at radius 3 is 2.23 bits per heavy atom. The summed E-state index contributed by atoms with van der Waals surface area (Å²) < 4.78 is 16.2. The summed E-state index contributed by atoms with van der Waals surface area (Å²) in [6.07, 6.45) is 1.31. The van der Waals surface area contributed by atoms with Crippen molar-refractivity contribution in [2.24, 2.45) is 0 Å². The van der Waals surface area contributed by atoms with Gasteiger partial charge in [0.05, 0.1) is 26.2 Å². The fourth-order valence-electron chi connectivity index (χ4n) is 2.56. The summed E-state index contributed by atoms with van der Waals surface area (Å²) in [6.45, 7) is 9.87. The standard InChI is InChI=1S/C20H31NO5/c1-5-19(22)21(14-12-20(23)26-8-4)13-11-16-9-10-17(24-6-2)18(15-16)25-7-3/h9-10,15H,5-8,11-14H2,1-4H3. The van der Waals surface area contributed by atoms with E-state index in [4.69, 9.17) is 14.2 Å². The normalized spacial score (nSPS) is 10.3. The predicted octanol–water partition coefficient (Wildman–Crippen LogP) is 3.22. The Balaban J connectivity index is 2.73. The van der Waals surface area contributed by atoms with E-state index in [1.54, 1.807) is 11.8 Å². The van der Waals surface area contributed by atoms with Gasteiger partial charge in [0.2, 0.25) is 5.91 Å². The monoisotopic (exact) mass is 365 g/mol. The first kappa shape index (κ1) is 21.8. The van der Waals surface area contributed by atoms with Crippen LogP contribution in [0.3, 0.4) is 0 Å². The van der Waals surface area contributed by atoms with Crippen molar-refractivity contribution in [2.75, 3.05) is 32.9 Å².